The minimum atomic E-state index is -1.35. The van der Waals surface area contributed by atoms with Gasteiger partial charge in [0, 0.05) is 6.42 Å². The highest BCUT2D eigenvalue weighted by molar-refractivity contribution is 6.32. The molecule has 1 N–H and O–H groups in total. The fraction of sp³-hybridized carbons (Fsp3) is 0.471. The van der Waals surface area contributed by atoms with Gasteiger partial charge in [-0.25, -0.2) is 9.59 Å². The van der Waals surface area contributed by atoms with Crippen LogP contribution in [0.5, 0.6) is 0 Å². The third kappa shape index (κ3) is 7.57. The Morgan fingerprint density at radius 1 is 0.864 bits per heavy atom. The SMILES string of the molecule is O=C(O)C(=O)CCCCCCCCOC(=O)c1ccccc1. The molecule has 0 saturated carbocycles. The zero-order valence-electron chi connectivity index (χ0n) is 12.6. The van der Waals surface area contributed by atoms with Gasteiger partial charge in [0.05, 0.1) is 12.2 Å². The van der Waals surface area contributed by atoms with Gasteiger partial charge in [0.2, 0.25) is 5.78 Å². The predicted octanol–water partition coefficient (Wildman–Crippen LogP) is 3.23. The van der Waals surface area contributed by atoms with Crippen LogP contribution in [0.15, 0.2) is 30.3 Å². The van der Waals surface area contributed by atoms with Gasteiger partial charge in [0.15, 0.2) is 0 Å². The van der Waals surface area contributed by atoms with Crippen LogP contribution in [0, 0.1) is 0 Å². The van der Waals surface area contributed by atoms with Gasteiger partial charge in [-0.15, -0.1) is 0 Å². The topological polar surface area (TPSA) is 80.7 Å². The van der Waals surface area contributed by atoms with Crippen molar-refractivity contribution in [2.24, 2.45) is 0 Å². The van der Waals surface area contributed by atoms with E-state index in [0.717, 1.165) is 32.1 Å². The van der Waals surface area contributed by atoms with Crippen molar-refractivity contribution in [1.82, 2.24) is 0 Å². The van der Waals surface area contributed by atoms with Crippen LogP contribution in [0.3, 0.4) is 0 Å². The minimum absolute atomic E-state index is 0.115. The molecule has 0 saturated heterocycles. The molecule has 0 aliphatic carbocycles. The summed E-state index contributed by atoms with van der Waals surface area (Å²) in [4.78, 5) is 32.8. The number of aliphatic carboxylic acids is 1. The first-order valence-electron chi connectivity index (χ1n) is 7.59. The predicted molar refractivity (Wildman–Crippen MR) is 81.7 cm³/mol. The Kier molecular flexibility index (Phi) is 8.57. The van der Waals surface area contributed by atoms with Crippen molar-refractivity contribution in [3.8, 4) is 0 Å². The Morgan fingerprint density at radius 3 is 2.09 bits per heavy atom. The number of carbonyl (C=O) groups is 3. The van der Waals surface area contributed by atoms with Gasteiger partial charge >= 0.3 is 11.9 Å². The molecule has 0 amide bonds. The van der Waals surface area contributed by atoms with Gasteiger partial charge in [0.1, 0.15) is 0 Å². The number of carboxylic acids is 1. The van der Waals surface area contributed by atoms with Crippen LogP contribution in [-0.4, -0.2) is 29.4 Å². The van der Waals surface area contributed by atoms with Crippen LogP contribution in [0.2, 0.25) is 0 Å². The van der Waals surface area contributed by atoms with Crippen LogP contribution < -0.4 is 0 Å². The van der Waals surface area contributed by atoms with Crippen molar-refractivity contribution in [2.75, 3.05) is 6.61 Å². The highest BCUT2D eigenvalue weighted by atomic mass is 16.5. The summed E-state index contributed by atoms with van der Waals surface area (Å²) in [6.45, 7) is 0.408. The van der Waals surface area contributed by atoms with Crippen molar-refractivity contribution in [3.05, 3.63) is 35.9 Å². The van der Waals surface area contributed by atoms with E-state index in [0.29, 0.717) is 18.6 Å². The number of hydrogen-bond donors (Lipinski definition) is 1. The second-order valence-corrected chi connectivity index (χ2v) is 5.10. The Hall–Kier alpha value is -2.17. The number of unbranched alkanes of at least 4 members (excludes halogenated alkanes) is 5. The molecule has 0 aliphatic rings. The molecule has 1 aromatic carbocycles. The van der Waals surface area contributed by atoms with E-state index in [4.69, 9.17) is 9.84 Å². The van der Waals surface area contributed by atoms with Crippen LogP contribution >= 0.6 is 0 Å². The second kappa shape index (κ2) is 10.5. The first-order chi connectivity index (χ1) is 10.6. The highest BCUT2D eigenvalue weighted by Crippen LogP contribution is 2.08. The Morgan fingerprint density at radius 2 is 1.45 bits per heavy atom. The summed E-state index contributed by atoms with van der Waals surface area (Å²) in [5.74, 6) is -2.36. The number of rotatable bonds is 11. The quantitative estimate of drug-likeness (QED) is 0.385. The summed E-state index contributed by atoms with van der Waals surface area (Å²) in [7, 11) is 0. The molecule has 22 heavy (non-hydrogen) atoms. The Labute approximate surface area is 130 Å². The summed E-state index contributed by atoms with van der Waals surface area (Å²) in [5, 5.41) is 8.42. The lowest BCUT2D eigenvalue weighted by Gasteiger charge is -2.04. The molecule has 1 rings (SSSR count). The van der Waals surface area contributed by atoms with Gasteiger partial charge in [-0.05, 0) is 25.0 Å². The van der Waals surface area contributed by atoms with E-state index in [1.807, 2.05) is 6.07 Å². The van der Waals surface area contributed by atoms with Crippen LogP contribution in [-0.2, 0) is 14.3 Å². The lowest BCUT2D eigenvalue weighted by molar-refractivity contribution is -0.149. The molecule has 0 heterocycles. The van der Waals surface area contributed by atoms with E-state index in [-0.39, 0.29) is 12.4 Å². The molecule has 0 radical (unpaired) electrons. The summed E-state index contributed by atoms with van der Waals surface area (Å²) < 4.78 is 5.16. The smallest absolute Gasteiger partial charge is 0.372 e. The third-order valence-corrected chi connectivity index (χ3v) is 3.28. The van der Waals surface area contributed by atoms with Gasteiger partial charge in [-0.2, -0.15) is 0 Å². The summed E-state index contributed by atoms with van der Waals surface area (Å²) in [6, 6.07) is 8.89. The lowest BCUT2D eigenvalue weighted by atomic mass is 10.1. The second-order valence-electron chi connectivity index (χ2n) is 5.10. The van der Waals surface area contributed by atoms with Gasteiger partial charge in [0.25, 0.3) is 0 Å². The third-order valence-electron chi connectivity index (χ3n) is 3.28. The number of ketones is 1. The molecular formula is C17H22O5. The maximum Gasteiger partial charge on any atom is 0.372 e. The van der Waals surface area contributed by atoms with E-state index in [1.165, 1.54) is 0 Å². The average Bonchev–Trinajstić information content (AvgIpc) is 2.53. The normalized spacial score (nSPS) is 10.2. The van der Waals surface area contributed by atoms with Gasteiger partial charge in [-0.1, -0.05) is 43.9 Å². The molecule has 0 spiro atoms. The zero-order valence-corrected chi connectivity index (χ0v) is 12.6. The summed E-state index contributed by atoms with van der Waals surface area (Å²) >= 11 is 0. The maximum atomic E-state index is 11.6. The standard InChI is InChI=1S/C17H22O5/c18-15(16(19)20)12-8-3-1-2-4-9-13-22-17(21)14-10-6-5-7-11-14/h5-7,10-11H,1-4,8-9,12-13H2,(H,19,20). The van der Waals surface area contributed by atoms with Gasteiger partial charge in [-0.3, -0.25) is 4.79 Å². The van der Waals surface area contributed by atoms with Crippen molar-refractivity contribution in [1.29, 1.82) is 0 Å². The number of esters is 1. The molecule has 0 bridgehead atoms. The Bertz CT molecular complexity index is 481. The molecule has 0 aromatic heterocycles. The number of carboxylic acid groups (broad SMARTS) is 1. The fourth-order valence-corrected chi connectivity index (χ4v) is 2.02. The number of hydrogen-bond acceptors (Lipinski definition) is 4. The summed E-state index contributed by atoms with van der Waals surface area (Å²) in [5.41, 5.74) is 0.561. The monoisotopic (exact) mass is 306 g/mol. The van der Waals surface area contributed by atoms with E-state index in [9.17, 15) is 14.4 Å². The van der Waals surface area contributed by atoms with Crippen molar-refractivity contribution < 1.29 is 24.2 Å². The molecule has 5 heteroatoms. The van der Waals surface area contributed by atoms with E-state index >= 15 is 0 Å². The fourth-order valence-electron chi connectivity index (χ4n) is 2.02. The number of ether oxygens (including phenoxy) is 1. The molecule has 0 unspecified atom stereocenters. The van der Waals surface area contributed by atoms with Crippen LogP contribution in [0.25, 0.3) is 0 Å². The highest BCUT2D eigenvalue weighted by Gasteiger charge is 2.09. The largest absolute Gasteiger partial charge is 0.476 e. The Balaban J connectivity index is 1.95. The molecule has 1 aromatic rings. The number of benzene rings is 1. The van der Waals surface area contributed by atoms with E-state index in [2.05, 4.69) is 0 Å². The lowest BCUT2D eigenvalue weighted by Crippen LogP contribution is -2.11. The van der Waals surface area contributed by atoms with E-state index in [1.54, 1.807) is 24.3 Å². The first kappa shape index (κ1) is 17.9. The van der Waals surface area contributed by atoms with Crippen molar-refractivity contribution >= 4 is 17.7 Å². The molecular weight excluding hydrogens is 284 g/mol. The van der Waals surface area contributed by atoms with Crippen molar-refractivity contribution in [2.45, 2.75) is 44.9 Å². The zero-order chi connectivity index (χ0) is 16.2. The average molecular weight is 306 g/mol. The van der Waals surface area contributed by atoms with Crippen LogP contribution in [0.1, 0.15) is 55.3 Å². The molecule has 5 nitrogen and oxygen atoms in total. The first-order valence-corrected chi connectivity index (χ1v) is 7.59. The van der Waals surface area contributed by atoms with Crippen molar-refractivity contribution in [3.63, 3.8) is 0 Å². The van der Waals surface area contributed by atoms with Gasteiger partial charge < -0.3 is 9.84 Å². The minimum Gasteiger partial charge on any atom is -0.476 e. The molecule has 0 atom stereocenters. The van der Waals surface area contributed by atoms with E-state index < -0.39 is 11.8 Å². The number of carbonyl (C=O) groups excluding carboxylic acids is 2. The number of Topliss-reactive ketones (excluding diaryl/α,β-unsaturated/α-hetero) is 1. The van der Waals surface area contributed by atoms with Crippen LogP contribution in [0.4, 0.5) is 0 Å². The molecule has 0 fully saturated rings. The maximum absolute atomic E-state index is 11.6. The molecule has 120 valence electrons. The molecule has 0 aliphatic heterocycles. The summed E-state index contributed by atoms with van der Waals surface area (Å²) in [6.07, 6.45) is 5.30.